The molecule has 25 aromatic rings. The number of para-hydroxylation sites is 3. The molecule has 2 aromatic heterocycles. The molecule has 4 aliphatic carbocycles. The molecule has 2 heterocycles. The van der Waals surface area contributed by atoms with Crippen LogP contribution >= 0.6 is 0 Å². The van der Waals surface area contributed by atoms with Gasteiger partial charge in [0, 0.05) is 66.7 Å². The molecule has 0 amide bonds. The van der Waals surface area contributed by atoms with E-state index in [1.165, 1.54) is 210 Å². The number of hydrogen-bond acceptors (Lipinski definition) is 2. The van der Waals surface area contributed by atoms with Crippen LogP contribution in [-0.2, 0) is 10.8 Å². The Labute approximate surface area is 825 Å². The number of hydrogen-bond donors (Lipinski definition) is 0. The van der Waals surface area contributed by atoms with Gasteiger partial charge in [0.25, 0.3) is 0 Å². The zero-order valence-corrected chi connectivity index (χ0v) is 77.8. The van der Waals surface area contributed by atoms with Crippen LogP contribution in [0.4, 0.5) is 34.1 Å². The summed E-state index contributed by atoms with van der Waals surface area (Å²) in [5.41, 5.74) is 48.5. The maximum Gasteiger partial charge on any atom is 0.0726 e. The van der Waals surface area contributed by atoms with Crippen molar-refractivity contribution in [2.24, 2.45) is 0 Å². The minimum atomic E-state index is -0.439. The van der Waals surface area contributed by atoms with Crippen LogP contribution < -0.4 is 9.80 Å². The molecule has 0 aliphatic heterocycles. The number of aromatic nitrogens is 2. The van der Waals surface area contributed by atoms with E-state index >= 15 is 0 Å². The molecule has 4 heteroatoms. The SMILES string of the molecule is c1ccc(-c2ccc(-n3c4ccccc4c4cc(-c5cccc(-c6ccc(N(c7ccc8c(c7)C7(c9ccccc9-c9ccccc97)c7ccccc7-8)c7cccc8ccccc78)cc6)c5)ccc43)cc2)cc1.c1ccc(-c2ccc(-n3c4ccccc4c4cc(-c5cccc(-c6ccc(N(c7ccccc7)c7ccc8c(c7)C7(c9ccccc9-c9ccccc97)c7ccccc7-8)cc6)c5)ccc43)cc2)cc1. The molecule has 4 nitrogen and oxygen atoms in total. The van der Waals surface area contributed by atoms with Crippen molar-refractivity contribution in [2.75, 3.05) is 9.80 Å². The van der Waals surface area contributed by atoms with Gasteiger partial charge in [0.15, 0.2) is 0 Å². The highest BCUT2D eigenvalue weighted by Crippen LogP contribution is 2.66. The molecule has 2 spiro atoms. The normalized spacial score (nSPS) is 12.8. The second-order valence-electron chi connectivity index (χ2n) is 38.0. The Morgan fingerprint density at radius 3 is 0.817 bits per heavy atom. The number of rotatable bonds is 14. The second-order valence-corrected chi connectivity index (χ2v) is 38.0. The van der Waals surface area contributed by atoms with Gasteiger partial charge >= 0.3 is 0 Å². The summed E-state index contributed by atoms with van der Waals surface area (Å²) in [7, 11) is 0. The average Bonchev–Trinajstić information content (AvgIpc) is 1.51. The standard InChI is InChI=1S/C71H46N2.C67H44N2/c1-2-16-47(17-3-1)48-32-39-55(40-33-48)73-69-30-13-9-26-62(69)63-45-53(36-43-70(63)73)52-21-14-20-51(44-52)49-34-37-54(38-35-49)72(68-31-15-19-50-18-4-5-22-57(50)68)56-41-42-61-60-25-8-12-29-66(60)71(67(61)46-56)64-27-10-6-23-58(64)59-24-7-11-28-65(59)71;1-3-16-45(17-4-1)46-30-37-53(38-31-46)69-65-29-14-10-25-59(65)60-43-50(34-41-66(60)69)49-19-15-18-48(42-49)47-32-35-52(36-33-47)68(51-20-5-2-6-21-51)54-39-40-58-57-24-9-13-28-63(57)67(64(58)44-54)61-26-11-7-22-55(61)56-23-8-12-27-62(56)67/h1-46H;1-44H. The van der Waals surface area contributed by atoms with Crippen LogP contribution in [0, 0.1) is 0 Å². The zero-order chi connectivity index (χ0) is 93.5. The Hall–Kier alpha value is -18.5. The number of fused-ring (bicyclic) bond motifs is 27. The molecule has 662 valence electrons. The molecule has 0 atom stereocenters. The van der Waals surface area contributed by atoms with Crippen LogP contribution in [0.5, 0.6) is 0 Å². The van der Waals surface area contributed by atoms with Crippen molar-refractivity contribution in [1.82, 2.24) is 9.13 Å². The topological polar surface area (TPSA) is 16.3 Å². The second kappa shape index (κ2) is 33.2. The fourth-order valence-corrected chi connectivity index (χ4v) is 24.4. The lowest BCUT2D eigenvalue weighted by Crippen LogP contribution is -2.26. The summed E-state index contributed by atoms with van der Waals surface area (Å²) in [6, 6.07) is 202. The van der Waals surface area contributed by atoms with Gasteiger partial charge in [0.05, 0.1) is 38.6 Å². The molecule has 0 unspecified atom stereocenters. The lowest BCUT2D eigenvalue weighted by Gasteiger charge is -2.32. The fraction of sp³-hybridized carbons (Fsp3) is 0.0145. The highest BCUT2D eigenvalue weighted by molar-refractivity contribution is 6.13. The highest BCUT2D eigenvalue weighted by atomic mass is 15.2. The van der Waals surface area contributed by atoms with Crippen molar-refractivity contribution in [3.8, 4) is 123 Å². The van der Waals surface area contributed by atoms with Crippen molar-refractivity contribution in [2.45, 2.75) is 10.8 Å². The first-order chi connectivity index (χ1) is 70.4. The first-order valence-electron chi connectivity index (χ1n) is 49.2. The molecule has 0 saturated carbocycles. The van der Waals surface area contributed by atoms with Crippen LogP contribution in [0.2, 0.25) is 0 Å². The number of nitrogens with zero attached hydrogens (tertiary/aromatic N) is 4. The Bertz CT molecular complexity index is 9200. The highest BCUT2D eigenvalue weighted by Gasteiger charge is 2.54. The van der Waals surface area contributed by atoms with Gasteiger partial charge in [-0.15, -0.1) is 0 Å². The molecule has 4 aliphatic rings. The summed E-state index contributed by atoms with van der Waals surface area (Å²) in [4.78, 5) is 4.88. The van der Waals surface area contributed by atoms with Gasteiger partial charge in [-0.2, -0.15) is 0 Å². The zero-order valence-electron chi connectivity index (χ0n) is 77.8. The minimum Gasteiger partial charge on any atom is -0.310 e. The molecule has 0 fully saturated rings. The van der Waals surface area contributed by atoms with Gasteiger partial charge in [-0.25, -0.2) is 0 Å². The van der Waals surface area contributed by atoms with Gasteiger partial charge in [0.1, 0.15) is 0 Å². The van der Waals surface area contributed by atoms with Crippen LogP contribution in [0.3, 0.4) is 0 Å². The summed E-state index contributed by atoms with van der Waals surface area (Å²) in [6.07, 6.45) is 0. The first-order valence-corrected chi connectivity index (χ1v) is 49.2. The van der Waals surface area contributed by atoms with E-state index in [4.69, 9.17) is 0 Å². The number of anilines is 6. The molecular weight excluding hydrogens is 1710 g/mol. The van der Waals surface area contributed by atoms with E-state index < -0.39 is 10.8 Å². The molecule has 0 saturated heterocycles. The molecule has 29 rings (SSSR count). The summed E-state index contributed by atoms with van der Waals surface area (Å²) in [5, 5.41) is 7.40. The van der Waals surface area contributed by atoms with E-state index in [2.05, 4.69) is 565 Å². The van der Waals surface area contributed by atoms with Crippen molar-refractivity contribution in [3.05, 3.63) is 590 Å². The van der Waals surface area contributed by atoms with E-state index in [-0.39, 0.29) is 0 Å². The van der Waals surface area contributed by atoms with Crippen LogP contribution in [0.1, 0.15) is 44.5 Å². The van der Waals surface area contributed by atoms with Gasteiger partial charge in [-0.3, -0.25) is 0 Å². The lowest BCUT2D eigenvalue weighted by molar-refractivity contribution is 0.793. The van der Waals surface area contributed by atoms with Crippen molar-refractivity contribution >= 4 is 88.5 Å². The predicted octanol–water partition coefficient (Wildman–Crippen LogP) is 36.3. The fourth-order valence-electron chi connectivity index (χ4n) is 24.4. The first kappa shape index (κ1) is 81.8. The van der Waals surface area contributed by atoms with Crippen molar-refractivity contribution < 1.29 is 0 Å². The molecule has 0 radical (unpaired) electrons. The Morgan fingerprint density at radius 1 is 0.141 bits per heavy atom. The van der Waals surface area contributed by atoms with E-state index in [0.717, 1.165) is 45.5 Å². The van der Waals surface area contributed by atoms with Gasteiger partial charge in [-0.1, -0.05) is 406 Å². The van der Waals surface area contributed by atoms with E-state index in [1.807, 2.05) is 0 Å². The van der Waals surface area contributed by atoms with Gasteiger partial charge < -0.3 is 18.9 Å². The van der Waals surface area contributed by atoms with Gasteiger partial charge in [-0.05, 0) is 301 Å². The summed E-state index contributed by atoms with van der Waals surface area (Å²) >= 11 is 0. The smallest absolute Gasteiger partial charge is 0.0726 e. The van der Waals surface area contributed by atoms with Crippen molar-refractivity contribution in [1.29, 1.82) is 0 Å². The lowest BCUT2D eigenvalue weighted by atomic mass is 9.70. The maximum absolute atomic E-state index is 2.49. The summed E-state index contributed by atoms with van der Waals surface area (Å²) in [5.74, 6) is 0. The third-order valence-electron chi connectivity index (χ3n) is 30.6. The molecule has 0 N–H and O–H groups in total. The maximum atomic E-state index is 2.49. The van der Waals surface area contributed by atoms with Crippen LogP contribution in [-0.4, -0.2) is 9.13 Å². The predicted molar refractivity (Wildman–Crippen MR) is 594 cm³/mol. The Morgan fingerprint density at radius 2 is 0.401 bits per heavy atom. The summed E-state index contributed by atoms with van der Waals surface area (Å²) in [6.45, 7) is 0. The Kier molecular flexibility index (Phi) is 19.1. The van der Waals surface area contributed by atoms with E-state index in [0.29, 0.717) is 0 Å². The van der Waals surface area contributed by atoms with E-state index in [9.17, 15) is 0 Å². The largest absolute Gasteiger partial charge is 0.310 e. The number of benzene rings is 23. The van der Waals surface area contributed by atoms with Gasteiger partial charge in [0.2, 0.25) is 0 Å². The third-order valence-corrected chi connectivity index (χ3v) is 30.6. The Balaban J connectivity index is 0.000000139. The quantitative estimate of drug-likeness (QED) is 0.108. The molecule has 142 heavy (non-hydrogen) atoms. The molecular formula is C138H90N4. The van der Waals surface area contributed by atoms with E-state index in [1.54, 1.807) is 0 Å². The van der Waals surface area contributed by atoms with Crippen molar-refractivity contribution in [3.63, 3.8) is 0 Å². The average molecular weight is 1800 g/mol. The third kappa shape index (κ3) is 12.9. The molecule has 0 bridgehead atoms. The summed E-state index contributed by atoms with van der Waals surface area (Å²) < 4.78 is 4.79. The molecule has 23 aromatic carbocycles. The van der Waals surface area contributed by atoms with Crippen LogP contribution in [0.25, 0.3) is 177 Å². The monoisotopic (exact) mass is 1800 g/mol. The minimum absolute atomic E-state index is 0.414. The van der Waals surface area contributed by atoms with Crippen LogP contribution in [0.15, 0.2) is 546 Å².